The van der Waals surface area contributed by atoms with Gasteiger partial charge in [-0.2, -0.15) is 0 Å². The number of nitrogens with one attached hydrogen (secondary N) is 1. The molecule has 0 unspecified atom stereocenters. The molecule has 0 bridgehead atoms. The summed E-state index contributed by atoms with van der Waals surface area (Å²) in [6, 6.07) is 6.31. The first kappa shape index (κ1) is 13.8. The van der Waals surface area contributed by atoms with E-state index in [0.29, 0.717) is 17.9 Å². The lowest BCUT2D eigenvalue weighted by atomic mass is 10.1. The predicted octanol–water partition coefficient (Wildman–Crippen LogP) is 2.60. The van der Waals surface area contributed by atoms with E-state index in [2.05, 4.69) is 10.3 Å². The van der Waals surface area contributed by atoms with Gasteiger partial charge in [0.1, 0.15) is 11.9 Å². The highest BCUT2D eigenvalue weighted by Crippen LogP contribution is 2.30. The number of oxazole rings is 1. The summed E-state index contributed by atoms with van der Waals surface area (Å²) in [7, 11) is 0. The first-order chi connectivity index (χ1) is 10.3. The minimum atomic E-state index is -0.391. The molecule has 0 aliphatic carbocycles. The molecule has 0 radical (unpaired) electrons. The number of carbonyl (C=O) groups is 1. The average molecular weight is 290 g/mol. The smallest absolute Gasteiger partial charge is 0.273 e. The summed E-state index contributed by atoms with van der Waals surface area (Å²) >= 11 is 0. The van der Waals surface area contributed by atoms with Crippen molar-refractivity contribution in [3.8, 4) is 0 Å². The van der Waals surface area contributed by atoms with Gasteiger partial charge in [-0.25, -0.2) is 9.37 Å². The van der Waals surface area contributed by atoms with Crippen LogP contribution in [0.15, 0.2) is 35.1 Å². The van der Waals surface area contributed by atoms with Crippen LogP contribution < -0.4 is 5.32 Å². The van der Waals surface area contributed by atoms with E-state index in [9.17, 15) is 9.18 Å². The Morgan fingerprint density at radius 1 is 1.43 bits per heavy atom. The van der Waals surface area contributed by atoms with Crippen LogP contribution in [0.1, 0.15) is 40.8 Å². The number of hydrogen-bond acceptors (Lipinski definition) is 4. The lowest BCUT2D eigenvalue weighted by Crippen LogP contribution is -2.25. The summed E-state index contributed by atoms with van der Waals surface area (Å²) in [6.07, 6.45) is 2.75. The van der Waals surface area contributed by atoms with Gasteiger partial charge >= 0.3 is 0 Å². The molecular weight excluding hydrogens is 275 g/mol. The molecule has 0 spiro atoms. The molecule has 1 aromatic heterocycles. The topological polar surface area (TPSA) is 64.4 Å². The molecule has 2 aromatic rings. The fourth-order valence-electron chi connectivity index (χ4n) is 2.34. The fraction of sp³-hybridized carbons (Fsp3) is 0.333. The molecule has 2 heterocycles. The fourth-order valence-corrected chi connectivity index (χ4v) is 2.34. The molecular formula is C15H15FN2O3. The molecule has 6 heteroatoms. The summed E-state index contributed by atoms with van der Waals surface area (Å²) in [4.78, 5) is 16.1. The summed E-state index contributed by atoms with van der Waals surface area (Å²) in [5.74, 6) is -0.298. The Morgan fingerprint density at radius 3 is 3.05 bits per heavy atom. The molecule has 1 atom stereocenters. The van der Waals surface area contributed by atoms with Gasteiger partial charge in [-0.05, 0) is 18.9 Å². The van der Waals surface area contributed by atoms with Crippen LogP contribution in [0.5, 0.6) is 0 Å². The SMILES string of the molecule is O=C(NCc1ccccc1F)c1ncoc1[C@@H]1CCCO1. The number of halogens is 1. The number of rotatable bonds is 4. The van der Waals surface area contributed by atoms with Crippen molar-refractivity contribution >= 4 is 5.91 Å². The van der Waals surface area contributed by atoms with Crippen molar-refractivity contribution in [1.82, 2.24) is 10.3 Å². The minimum Gasteiger partial charge on any atom is -0.445 e. The first-order valence-electron chi connectivity index (χ1n) is 6.82. The Hall–Kier alpha value is -2.21. The van der Waals surface area contributed by atoms with E-state index in [4.69, 9.17) is 9.15 Å². The lowest BCUT2D eigenvalue weighted by Gasteiger charge is -2.08. The van der Waals surface area contributed by atoms with E-state index in [1.807, 2.05) is 0 Å². The molecule has 1 aliphatic rings. The van der Waals surface area contributed by atoms with Crippen LogP contribution in [0.2, 0.25) is 0 Å². The average Bonchev–Trinajstić information content (AvgIpc) is 3.16. The molecule has 1 aliphatic heterocycles. The standard InChI is InChI=1S/C15H15FN2O3/c16-11-5-2-1-4-10(11)8-17-15(19)13-14(21-9-18-13)12-6-3-7-20-12/h1-2,4-5,9,12H,3,6-8H2,(H,17,19)/t12-/m0/s1. The third-order valence-corrected chi connectivity index (χ3v) is 3.43. The van der Waals surface area contributed by atoms with Gasteiger partial charge in [0.15, 0.2) is 17.8 Å². The number of amides is 1. The molecule has 0 saturated carbocycles. The summed E-state index contributed by atoms with van der Waals surface area (Å²) in [5, 5.41) is 2.65. The monoisotopic (exact) mass is 290 g/mol. The van der Waals surface area contributed by atoms with Crippen LogP contribution in [0.25, 0.3) is 0 Å². The number of hydrogen-bond donors (Lipinski definition) is 1. The summed E-state index contributed by atoms with van der Waals surface area (Å²) < 4.78 is 24.3. The van der Waals surface area contributed by atoms with Crippen molar-refractivity contribution in [2.24, 2.45) is 0 Å². The van der Waals surface area contributed by atoms with Gasteiger partial charge in [0.05, 0.1) is 0 Å². The Morgan fingerprint density at radius 2 is 2.29 bits per heavy atom. The molecule has 1 saturated heterocycles. The third-order valence-electron chi connectivity index (χ3n) is 3.43. The molecule has 3 rings (SSSR count). The molecule has 1 N–H and O–H groups in total. The van der Waals surface area contributed by atoms with Gasteiger partial charge in [-0.1, -0.05) is 18.2 Å². The van der Waals surface area contributed by atoms with Crippen molar-refractivity contribution in [2.45, 2.75) is 25.5 Å². The zero-order valence-corrected chi connectivity index (χ0v) is 11.3. The highest BCUT2D eigenvalue weighted by atomic mass is 19.1. The van der Waals surface area contributed by atoms with Crippen molar-refractivity contribution in [3.63, 3.8) is 0 Å². The Kier molecular flexibility index (Phi) is 3.96. The van der Waals surface area contributed by atoms with Crippen LogP contribution in [0.4, 0.5) is 4.39 Å². The van der Waals surface area contributed by atoms with Crippen LogP contribution in [-0.4, -0.2) is 17.5 Å². The molecule has 110 valence electrons. The number of ether oxygens (including phenoxy) is 1. The van der Waals surface area contributed by atoms with Crippen molar-refractivity contribution in [2.75, 3.05) is 6.61 Å². The van der Waals surface area contributed by atoms with E-state index in [1.165, 1.54) is 12.5 Å². The third kappa shape index (κ3) is 2.95. The zero-order chi connectivity index (χ0) is 14.7. The second-order valence-electron chi connectivity index (χ2n) is 4.84. The quantitative estimate of drug-likeness (QED) is 0.940. The lowest BCUT2D eigenvalue weighted by molar-refractivity contribution is 0.0860. The first-order valence-corrected chi connectivity index (χ1v) is 6.82. The van der Waals surface area contributed by atoms with Crippen LogP contribution >= 0.6 is 0 Å². The molecule has 1 aromatic carbocycles. The van der Waals surface area contributed by atoms with E-state index >= 15 is 0 Å². The van der Waals surface area contributed by atoms with Crippen molar-refractivity contribution in [3.05, 3.63) is 53.5 Å². The van der Waals surface area contributed by atoms with E-state index in [0.717, 1.165) is 12.8 Å². The molecule has 1 amide bonds. The maximum atomic E-state index is 13.5. The highest BCUT2D eigenvalue weighted by Gasteiger charge is 2.27. The van der Waals surface area contributed by atoms with Gasteiger partial charge in [0.2, 0.25) is 0 Å². The zero-order valence-electron chi connectivity index (χ0n) is 11.3. The number of aromatic nitrogens is 1. The molecule has 5 nitrogen and oxygen atoms in total. The largest absolute Gasteiger partial charge is 0.445 e. The van der Waals surface area contributed by atoms with Gasteiger partial charge in [-0.3, -0.25) is 4.79 Å². The predicted molar refractivity (Wildman–Crippen MR) is 72.0 cm³/mol. The second-order valence-corrected chi connectivity index (χ2v) is 4.84. The normalized spacial score (nSPS) is 17.9. The maximum absolute atomic E-state index is 13.5. The number of carbonyl (C=O) groups excluding carboxylic acids is 1. The van der Waals surface area contributed by atoms with Crippen LogP contribution in [0, 0.1) is 5.82 Å². The van der Waals surface area contributed by atoms with Gasteiger partial charge < -0.3 is 14.5 Å². The molecule has 1 fully saturated rings. The van der Waals surface area contributed by atoms with Crippen molar-refractivity contribution < 1.29 is 18.3 Å². The maximum Gasteiger partial charge on any atom is 0.273 e. The van der Waals surface area contributed by atoms with Crippen LogP contribution in [0.3, 0.4) is 0 Å². The minimum absolute atomic E-state index is 0.101. The molecule has 21 heavy (non-hydrogen) atoms. The van der Waals surface area contributed by atoms with Gasteiger partial charge in [0.25, 0.3) is 5.91 Å². The summed E-state index contributed by atoms with van der Waals surface area (Å²) in [6.45, 7) is 0.755. The van der Waals surface area contributed by atoms with E-state index in [-0.39, 0.29) is 24.2 Å². The second kappa shape index (κ2) is 6.05. The van der Waals surface area contributed by atoms with Crippen LogP contribution in [-0.2, 0) is 11.3 Å². The van der Waals surface area contributed by atoms with Gasteiger partial charge in [-0.15, -0.1) is 0 Å². The number of nitrogens with zero attached hydrogens (tertiary/aromatic N) is 1. The van der Waals surface area contributed by atoms with E-state index in [1.54, 1.807) is 18.2 Å². The Labute approximate surface area is 121 Å². The van der Waals surface area contributed by atoms with Crippen molar-refractivity contribution in [1.29, 1.82) is 0 Å². The Bertz CT molecular complexity index is 635. The van der Waals surface area contributed by atoms with E-state index < -0.39 is 5.91 Å². The summed E-state index contributed by atoms with van der Waals surface area (Å²) in [5.41, 5.74) is 0.631. The van der Waals surface area contributed by atoms with Gasteiger partial charge in [0, 0.05) is 18.7 Å². The highest BCUT2D eigenvalue weighted by molar-refractivity contribution is 5.93. The Balaban J connectivity index is 1.69. The number of benzene rings is 1.